The third-order valence-electron chi connectivity index (χ3n) is 3.25. The summed E-state index contributed by atoms with van der Waals surface area (Å²) >= 11 is 0. The first-order valence-corrected chi connectivity index (χ1v) is 4.40. The van der Waals surface area contributed by atoms with Crippen LogP contribution in [0, 0.1) is 11.8 Å². The Hall–Kier alpha value is -0.0700. The Balaban J connectivity index is 2.15. The summed E-state index contributed by atoms with van der Waals surface area (Å²) in [6.07, 6.45) is 5.13. The number of halogens is 1. The van der Waals surface area contributed by atoms with E-state index in [0.717, 1.165) is 32.1 Å². The quantitative estimate of drug-likeness (QED) is 0.488. The van der Waals surface area contributed by atoms with Gasteiger partial charge in [0.25, 0.3) is 0 Å². The van der Waals surface area contributed by atoms with Crippen LogP contribution in [0.1, 0.15) is 39.0 Å². The maximum absolute atomic E-state index is 13.7. The molecule has 0 saturated heterocycles. The molecule has 0 nitrogen and oxygen atoms in total. The summed E-state index contributed by atoms with van der Waals surface area (Å²) in [5.74, 6) is 1.08. The molecular weight excluding hydrogens is 127 g/mol. The molecule has 0 N–H and O–H groups in total. The van der Waals surface area contributed by atoms with Crippen molar-refractivity contribution in [3.05, 3.63) is 0 Å². The van der Waals surface area contributed by atoms with Crippen LogP contribution in [-0.2, 0) is 0 Å². The Morgan fingerprint density at radius 3 is 3.00 bits per heavy atom. The van der Waals surface area contributed by atoms with E-state index in [4.69, 9.17) is 0 Å². The molecule has 0 amide bonds. The van der Waals surface area contributed by atoms with E-state index in [9.17, 15) is 4.39 Å². The molecule has 0 spiro atoms. The Morgan fingerprint density at radius 1 is 1.50 bits per heavy atom. The van der Waals surface area contributed by atoms with Gasteiger partial charge in [-0.3, -0.25) is 0 Å². The molecule has 0 heterocycles. The smallest absolute Gasteiger partial charge is 0.114 e. The van der Waals surface area contributed by atoms with Gasteiger partial charge in [0.05, 0.1) is 0 Å². The minimum atomic E-state index is -0.723. The van der Waals surface area contributed by atoms with Crippen molar-refractivity contribution in [1.29, 1.82) is 0 Å². The van der Waals surface area contributed by atoms with E-state index >= 15 is 0 Å². The predicted molar refractivity (Wildman–Crippen MR) is 39.6 cm³/mol. The lowest BCUT2D eigenvalue weighted by molar-refractivity contribution is 0.136. The van der Waals surface area contributed by atoms with Gasteiger partial charge in [-0.25, -0.2) is 4.39 Å². The van der Waals surface area contributed by atoms with Gasteiger partial charge in [-0.05, 0) is 43.9 Å². The molecule has 1 heteroatoms. The van der Waals surface area contributed by atoms with Crippen LogP contribution in [0.4, 0.5) is 4.39 Å². The van der Waals surface area contributed by atoms with Gasteiger partial charge in [0.15, 0.2) is 0 Å². The largest absolute Gasteiger partial charge is 0.244 e. The van der Waals surface area contributed by atoms with E-state index in [0.29, 0.717) is 11.8 Å². The van der Waals surface area contributed by atoms with Gasteiger partial charge >= 0.3 is 0 Å². The lowest BCUT2D eigenvalue weighted by Crippen LogP contribution is -2.20. The lowest BCUT2D eigenvalue weighted by Gasteiger charge is -2.17. The predicted octanol–water partition coefficient (Wildman–Crippen LogP) is 2.92. The maximum Gasteiger partial charge on any atom is 0.114 e. The Labute approximate surface area is 61.8 Å². The molecule has 2 saturated carbocycles. The van der Waals surface area contributed by atoms with Crippen molar-refractivity contribution < 1.29 is 4.39 Å². The van der Waals surface area contributed by atoms with Crippen LogP contribution in [-0.4, -0.2) is 5.67 Å². The summed E-state index contributed by atoms with van der Waals surface area (Å²) in [4.78, 5) is 0. The van der Waals surface area contributed by atoms with Gasteiger partial charge in [0.1, 0.15) is 5.67 Å². The molecule has 0 bridgehead atoms. The Kier molecular flexibility index (Phi) is 1.30. The number of fused-ring (bicyclic) bond motifs is 1. The van der Waals surface area contributed by atoms with E-state index in [1.165, 1.54) is 0 Å². The summed E-state index contributed by atoms with van der Waals surface area (Å²) < 4.78 is 13.7. The average Bonchev–Trinajstić information content (AvgIpc) is 2.20. The van der Waals surface area contributed by atoms with E-state index in [1.54, 1.807) is 0 Å². The highest BCUT2D eigenvalue weighted by Gasteiger charge is 2.49. The Morgan fingerprint density at radius 2 is 2.30 bits per heavy atom. The monoisotopic (exact) mass is 142 g/mol. The second-order valence-corrected chi connectivity index (χ2v) is 4.17. The fourth-order valence-corrected chi connectivity index (χ4v) is 2.85. The van der Waals surface area contributed by atoms with Crippen molar-refractivity contribution in [2.45, 2.75) is 44.7 Å². The molecule has 0 aromatic carbocycles. The van der Waals surface area contributed by atoms with E-state index in [2.05, 4.69) is 6.92 Å². The van der Waals surface area contributed by atoms with Crippen molar-refractivity contribution in [3.63, 3.8) is 0 Å². The van der Waals surface area contributed by atoms with Crippen LogP contribution in [0.25, 0.3) is 0 Å². The van der Waals surface area contributed by atoms with Crippen molar-refractivity contribution in [1.82, 2.24) is 0 Å². The zero-order chi connectivity index (χ0) is 7.19. The van der Waals surface area contributed by atoms with Crippen LogP contribution < -0.4 is 0 Å². The molecule has 0 aromatic heterocycles. The van der Waals surface area contributed by atoms with Crippen LogP contribution in [0.15, 0.2) is 0 Å². The molecule has 2 aliphatic carbocycles. The molecule has 2 aliphatic rings. The molecule has 3 atom stereocenters. The zero-order valence-corrected chi connectivity index (χ0v) is 6.57. The van der Waals surface area contributed by atoms with Crippen molar-refractivity contribution >= 4 is 0 Å². The molecule has 10 heavy (non-hydrogen) atoms. The first-order chi connectivity index (χ1) is 4.71. The zero-order valence-electron chi connectivity index (χ0n) is 6.57. The molecule has 2 rings (SSSR count). The average molecular weight is 142 g/mol. The Bertz CT molecular complexity index is 144. The highest BCUT2D eigenvalue weighted by molar-refractivity contribution is 4.99. The maximum atomic E-state index is 13.7. The number of hydrogen-bond donors (Lipinski definition) is 0. The summed E-state index contributed by atoms with van der Waals surface area (Å²) in [5, 5.41) is 0. The van der Waals surface area contributed by atoms with Crippen LogP contribution in [0.5, 0.6) is 0 Å². The lowest BCUT2D eigenvalue weighted by atomic mass is 9.97. The molecular formula is C9H15F. The normalized spacial score (nSPS) is 53.4. The van der Waals surface area contributed by atoms with Crippen molar-refractivity contribution in [2.24, 2.45) is 11.8 Å². The molecule has 0 radical (unpaired) electrons. The molecule has 0 aliphatic heterocycles. The van der Waals surface area contributed by atoms with Crippen molar-refractivity contribution in [3.8, 4) is 0 Å². The van der Waals surface area contributed by atoms with E-state index in [-0.39, 0.29) is 0 Å². The van der Waals surface area contributed by atoms with Crippen molar-refractivity contribution in [2.75, 3.05) is 0 Å². The number of rotatable bonds is 0. The minimum Gasteiger partial charge on any atom is -0.244 e. The van der Waals surface area contributed by atoms with Gasteiger partial charge < -0.3 is 0 Å². The second kappa shape index (κ2) is 1.96. The third kappa shape index (κ3) is 0.792. The van der Waals surface area contributed by atoms with E-state index < -0.39 is 5.67 Å². The topological polar surface area (TPSA) is 0 Å². The van der Waals surface area contributed by atoms with Gasteiger partial charge in [-0.2, -0.15) is 0 Å². The van der Waals surface area contributed by atoms with Crippen LogP contribution >= 0.6 is 0 Å². The summed E-state index contributed by atoms with van der Waals surface area (Å²) in [6, 6.07) is 0. The third-order valence-corrected chi connectivity index (χ3v) is 3.25. The van der Waals surface area contributed by atoms with Gasteiger partial charge in [0.2, 0.25) is 0 Å². The first-order valence-electron chi connectivity index (χ1n) is 4.40. The van der Waals surface area contributed by atoms with Gasteiger partial charge in [0, 0.05) is 0 Å². The summed E-state index contributed by atoms with van der Waals surface area (Å²) in [7, 11) is 0. The number of alkyl halides is 1. The van der Waals surface area contributed by atoms with E-state index in [1.807, 2.05) is 0 Å². The van der Waals surface area contributed by atoms with Gasteiger partial charge in [-0.1, -0.05) is 6.92 Å². The first kappa shape index (κ1) is 6.63. The fourth-order valence-electron chi connectivity index (χ4n) is 2.85. The van der Waals surface area contributed by atoms with Crippen LogP contribution in [0.2, 0.25) is 0 Å². The van der Waals surface area contributed by atoms with Crippen LogP contribution in [0.3, 0.4) is 0 Å². The second-order valence-electron chi connectivity index (χ2n) is 4.17. The SMILES string of the molecule is CC1C[C@@H]2CCC[C@]2(F)C1. The summed E-state index contributed by atoms with van der Waals surface area (Å²) in [5.41, 5.74) is -0.723. The highest BCUT2D eigenvalue weighted by atomic mass is 19.1. The fraction of sp³-hybridized carbons (Fsp3) is 1.00. The summed E-state index contributed by atoms with van der Waals surface area (Å²) in [6.45, 7) is 2.18. The molecule has 0 aromatic rings. The standard InChI is InChI=1S/C9H15F/c1-7-5-8-3-2-4-9(8,10)6-7/h7-8H,2-6H2,1H3/t7?,8-,9-/m0/s1. The van der Waals surface area contributed by atoms with Gasteiger partial charge in [-0.15, -0.1) is 0 Å². The molecule has 58 valence electrons. The molecule has 2 fully saturated rings. The molecule has 1 unspecified atom stereocenters. The minimum absolute atomic E-state index is 0.433. The number of hydrogen-bond acceptors (Lipinski definition) is 0. The highest BCUT2D eigenvalue weighted by Crippen LogP contribution is 2.52.